The van der Waals surface area contributed by atoms with Crippen LogP contribution in [-0.4, -0.2) is 89.2 Å². The van der Waals surface area contributed by atoms with Crippen molar-refractivity contribution in [1.29, 1.82) is 0 Å². The van der Waals surface area contributed by atoms with Gasteiger partial charge in [-0.1, -0.05) is 198 Å². The molecule has 0 amide bonds. The molecule has 0 spiro atoms. The van der Waals surface area contributed by atoms with E-state index in [1.807, 2.05) is 0 Å². The Morgan fingerprint density at radius 3 is 1.32 bits per heavy atom. The SMILES string of the molecule is CCCC/C=C\CCCCCCCC(=O)OC(COC(=O)CCCCCCCCC/C=C\CCCCCCCC)COC1OC(C(=O)O)C(O)C(O)C1OC(=O)CCCCCCC/C=C\C/C=C\CCCCC. The zero-order valence-corrected chi connectivity index (χ0v) is 46.4. The van der Waals surface area contributed by atoms with Crippen molar-refractivity contribution in [1.82, 2.24) is 0 Å². The normalized spacial score (nSPS) is 18.6. The minimum atomic E-state index is -1.91. The van der Waals surface area contributed by atoms with E-state index >= 15 is 0 Å². The van der Waals surface area contributed by atoms with Crippen LogP contribution in [0.1, 0.15) is 265 Å². The molecule has 0 aromatic carbocycles. The highest BCUT2D eigenvalue weighted by molar-refractivity contribution is 5.74. The van der Waals surface area contributed by atoms with Crippen molar-refractivity contribution in [2.45, 2.75) is 302 Å². The predicted molar refractivity (Wildman–Crippen MR) is 294 cm³/mol. The molecule has 1 fully saturated rings. The third-order valence-corrected chi connectivity index (χ3v) is 13.3. The molecule has 0 aromatic rings. The van der Waals surface area contributed by atoms with Gasteiger partial charge in [-0.3, -0.25) is 14.4 Å². The Balaban J connectivity index is 2.68. The van der Waals surface area contributed by atoms with Gasteiger partial charge in [0.15, 0.2) is 24.6 Å². The summed E-state index contributed by atoms with van der Waals surface area (Å²) in [6.07, 6.45) is 46.5. The molecule has 6 unspecified atom stereocenters. The van der Waals surface area contributed by atoms with Crippen LogP contribution >= 0.6 is 0 Å². The fourth-order valence-corrected chi connectivity index (χ4v) is 8.73. The second-order valence-corrected chi connectivity index (χ2v) is 20.3. The number of carbonyl (C=O) groups is 4. The van der Waals surface area contributed by atoms with Gasteiger partial charge in [0.1, 0.15) is 18.8 Å². The van der Waals surface area contributed by atoms with E-state index in [1.54, 1.807) is 0 Å². The highest BCUT2D eigenvalue weighted by Crippen LogP contribution is 2.26. The minimum absolute atomic E-state index is 0.0441. The number of allylic oxidation sites excluding steroid dienone is 8. The van der Waals surface area contributed by atoms with Crippen LogP contribution in [0.25, 0.3) is 0 Å². The summed E-state index contributed by atoms with van der Waals surface area (Å²) in [5, 5.41) is 31.4. The number of hydrogen-bond acceptors (Lipinski definition) is 11. The molecular weight excluding hydrogens is 925 g/mol. The monoisotopic (exact) mass is 1030 g/mol. The number of ether oxygens (including phenoxy) is 5. The van der Waals surface area contributed by atoms with Crippen molar-refractivity contribution in [3.63, 3.8) is 0 Å². The molecule has 12 heteroatoms. The zero-order valence-electron chi connectivity index (χ0n) is 46.4. The van der Waals surface area contributed by atoms with Crippen molar-refractivity contribution in [3.05, 3.63) is 48.6 Å². The molecule has 0 bridgehead atoms. The molecule has 1 aliphatic heterocycles. The van der Waals surface area contributed by atoms with Gasteiger partial charge < -0.3 is 39.0 Å². The summed E-state index contributed by atoms with van der Waals surface area (Å²) >= 11 is 0. The number of rotatable bonds is 50. The van der Waals surface area contributed by atoms with Gasteiger partial charge in [-0.2, -0.15) is 0 Å². The van der Waals surface area contributed by atoms with E-state index in [0.717, 1.165) is 109 Å². The van der Waals surface area contributed by atoms with Crippen LogP contribution in [0, 0.1) is 0 Å². The Kier molecular flexibility index (Phi) is 45.9. The van der Waals surface area contributed by atoms with Crippen LogP contribution < -0.4 is 0 Å². The van der Waals surface area contributed by atoms with Gasteiger partial charge in [0.25, 0.3) is 0 Å². The molecular formula is C61H106O12. The molecule has 12 nitrogen and oxygen atoms in total. The fraction of sp³-hybridized carbons (Fsp3) is 0.803. The highest BCUT2D eigenvalue weighted by Gasteiger charge is 2.50. The van der Waals surface area contributed by atoms with Crippen molar-refractivity contribution in [2.24, 2.45) is 0 Å². The fourth-order valence-electron chi connectivity index (χ4n) is 8.73. The number of aliphatic hydroxyl groups is 2. The molecule has 73 heavy (non-hydrogen) atoms. The summed E-state index contributed by atoms with van der Waals surface area (Å²) < 4.78 is 28.4. The summed E-state index contributed by atoms with van der Waals surface area (Å²) in [4.78, 5) is 51.0. The van der Waals surface area contributed by atoms with Gasteiger partial charge in [-0.05, 0) is 96.3 Å². The molecule has 1 heterocycles. The molecule has 3 N–H and O–H groups in total. The third kappa shape index (κ3) is 39.7. The molecule has 1 saturated heterocycles. The van der Waals surface area contributed by atoms with E-state index in [4.69, 9.17) is 23.7 Å². The quantitative estimate of drug-likeness (QED) is 0.0228. The highest BCUT2D eigenvalue weighted by atomic mass is 16.7. The first-order chi connectivity index (χ1) is 35.6. The average Bonchev–Trinajstić information content (AvgIpc) is 3.37. The lowest BCUT2D eigenvalue weighted by atomic mass is 9.98. The first-order valence-electron chi connectivity index (χ1n) is 29.6. The third-order valence-electron chi connectivity index (χ3n) is 13.3. The Morgan fingerprint density at radius 2 is 0.836 bits per heavy atom. The number of carboxylic acid groups (broad SMARTS) is 1. The first kappa shape index (κ1) is 67.7. The van der Waals surface area contributed by atoms with Crippen LogP contribution in [0.5, 0.6) is 0 Å². The Morgan fingerprint density at radius 1 is 0.452 bits per heavy atom. The van der Waals surface area contributed by atoms with Crippen molar-refractivity contribution >= 4 is 23.9 Å². The van der Waals surface area contributed by atoms with E-state index in [2.05, 4.69) is 69.4 Å². The van der Waals surface area contributed by atoms with E-state index in [-0.39, 0.29) is 25.9 Å². The van der Waals surface area contributed by atoms with E-state index in [1.165, 1.54) is 96.3 Å². The predicted octanol–water partition coefficient (Wildman–Crippen LogP) is 15.0. The van der Waals surface area contributed by atoms with Crippen molar-refractivity contribution < 1.29 is 58.2 Å². The van der Waals surface area contributed by atoms with E-state index in [9.17, 15) is 34.5 Å². The summed E-state index contributed by atoms with van der Waals surface area (Å²) in [7, 11) is 0. The standard InChI is InChI=1S/C61H106O12/c1-4-7-10-13-16-19-22-24-26-27-29-30-33-35-38-41-44-47-53(62)69-50-52(71-54(63)48-45-42-39-36-32-21-18-15-12-9-6-3)51-70-61-59(57(66)56(65)58(73-61)60(67)68)72-55(64)49-46-43-40-37-34-31-28-25-23-20-17-14-11-8-5-2/h15,17-18,20,24-26,28,52,56-59,61,65-66H,4-14,16,19,21-23,27,29-51H2,1-3H3,(H,67,68)/b18-15-,20-17-,26-24-,28-25-. The molecule has 1 rings (SSSR count). The number of aliphatic carboxylic acids is 1. The van der Waals surface area contributed by atoms with Crippen molar-refractivity contribution in [3.8, 4) is 0 Å². The Labute approximate surface area is 443 Å². The van der Waals surface area contributed by atoms with Crippen LogP contribution in [0.3, 0.4) is 0 Å². The van der Waals surface area contributed by atoms with Crippen molar-refractivity contribution in [2.75, 3.05) is 13.2 Å². The summed E-state index contributed by atoms with van der Waals surface area (Å²) in [6.45, 7) is 5.91. The van der Waals surface area contributed by atoms with E-state index < -0.39 is 67.3 Å². The second-order valence-electron chi connectivity index (χ2n) is 20.3. The molecule has 0 saturated carbocycles. The molecule has 0 radical (unpaired) electrons. The number of hydrogen-bond donors (Lipinski definition) is 3. The number of carbonyl (C=O) groups excluding carboxylic acids is 3. The lowest BCUT2D eigenvalue weighted by molar-refractivity contribution is -0.301. The lowest BCUT2D eigenvalue weighted by Crippen LogP contribution is -2.61. The van der Waals surface area contributed by atoms with E-state index in [0.29, 0.717) is 19.3 Å². The summed E-state index contributed by atoms with van der Waals surface area (Å²) in [5.74, 6) is -3.14. The average molecular weight is 1030 g/mol. The first-order valence-corrected chi connectivity index (χ1v) is 29.6. The zero-order chi connectivity index (χ0) is 53.3. The number of esters is 3. The molecule has 0 aliphatic carbocycles. The maximum Gasteiger partial charge on any atom is 0.335 e. The largest absolute Gasteiger partial charge is 0.479 e. The molecule has 422 valence electrons. The van der Waals surface area contributed by atoms with Gasteiger partial charge in [0.05, 0.1) is 6.61 Å². The topological polar surface area (TPSA) is 175 Å². The second kappa shape index (κ2) is 49.6. The lowest BCUT2D eigenvalue weighted by Gasteiger charge is -2.40. The maximum atomic E-state index is 13.1. The van der Waals surface area contributed by atoms with Gasteiger partial charge in [0.2, 0.25) is 0 Å². The number of unbranched alkanes of at least 4 members (excludes halogenated alkanes) is 28. The summed E-state index contributed by atoms with van der Waals surface area (Å²) in [6, 6.07) is 0. The molecule has 6 atom stereocenters. The molecule has 0 aromatic heterocycles. The molecule has 1 aliphatic rings. The van der Waals surface area contributed by atoms with Crippen LogP contribution in [0.15, 0.2) is 48.6 Å². The van der Waals surface area contributed by atoms with Gasteiger partial charge in [-0.15, -0.1) is 0 Å². The van der Waals surface area contributed by atoms with Gasteiger partial charge in [-0.25, -0.2) is 4.79 Å². The van der Waals surface area contributed by atoms with Crippen LogP contribution in [0.4, 0.5) is 0 Å². The van der Waals surface area contributed by atoms with Crippen LogP contribution in [-0.2, 0) is 42.9 Å². The smallest absolute Gasteiger partial charge is 0.335 e. The van der Waals surface area contributed by atoms with Gasteiger partial charge >= 0.3 is 23.9 Å². The Hall–Kier alpha value is -3.32. The Bertz CT molecular complexity index is 1460. The number of carboxylic acids is 1. The maximum absolute atomic E-state index is 13.1. The summed E-state index contributed by atoms with van der Waals surface area (Å²) in [5.41, 5.74) is 0. The number of aliphatic hydroxyl groups excluding tert-OH is 2. The minimum Gasteiger partial charge on any atom is -0.479 e. The van der Waals surface area contributed by atoms with Gasteiger partial charge in [0, 0.05) is 19.3 Å². The van der Waals surface area contributed by atoms with Crippen LogP contribution in [0.2, 0.25) is 0 Å².